The van der Waals surface area contributed by atoms with Gasteiger partial charge >= 0.3 is 0 Å². The maximum atomic E-state index is 11.6. The molecule has 0 saturated carbocycles. The lowest BCUT2D eigenvalue weighted by Crippen LogP contribution is -1.99. The second kappa shape index (κ2) is 8.90. The lowest BCUT2D eigenvalue weighted by atomic mass is 10.1. The van der Waals surface area contributed by atoms with Crippen LogP contribution in [0, 0.1) is 0 Å². The van der Waals surface area contributed by atoms with Crippen molar-refractivity contribution < 1.29 is 9.53 Å². The Labute approximate surface area is 198 Å². The highest BCUT2D eigenvalue weighted by Gasteiger charge is 2.22. The van der Waals surface area contributed by atoms with E-state index in [2.05, 4.69) is 35.2 Å². The van der Waals surface area contributed by atoms with E-state index in [0.717, 1.165) is 31.3 Å². The van der Waals surface area contributed by atoms with Gasteiger partial charge in [0.15, 0.2) is 16.1 Å². The molecule has 4 aromatic heterocycles. The largest absolute Gasteiger partial charge is 0.495 e. The van der Waals surface area contributed by atoms with E-state index in [4.69, 9.17) is 16.3 Å². The smallest absolute Gasteiger partial charge is 0.198 e. The molecule has 0 atom stereocenters. The zero-order valence-electron chi connectivity index (χ0n) is 16.3. The Morgan fingerprint density at radius 1 is 0.969 bits per heavy atom. The number of thiazole rings is 2. The van der Waals surface area contributed by atoms with E-state index < -0.39 is 0 Å². The van der Waals surface area contributed by atoms with Gasteiger partial charge in [-0.25, -0.2) is 29.9 Å². The number of hydrogen-bond donors (Lipinski definition) is 1. The molecule has 0 spiro atoms. The first-order valence-electron chi connectivity index (χ1n) is 9.05. The number of carbonyl (C=O) groups is 1. The van der Waals surface area contributed by atoms with Crippen molar-refractivity contribution in [3.8, 4) is 5.75 Å². The molecule has 32 heavy (non-hydrogen) atoms. The zero-order valence-corrected chi connectivity index (χ0v) is 19.5. The summed E-state index contributed by atoms with van der Waals surface area (Å²) in [6.07, 6.45) is 3.38. The minimum absolute atomic E-state index is 0.151. The lowest BCUT2D eigenvalue weighted by Gasteiger charge is -2.12. The number of aromatic nitrogens is 6. The summed E-state index contributed by atoms with van der Waals surface area (Å²) in [5.41, 5.74) is 6.60. The first-order valence-corrected chi connectivity index (χ1v) is 12.0. The van der Waals surface area contributed by atoms with Gasteiger partial charge in [0.2, 0.25) is 0 Å². The molecule has 5 aromatic rings. The molecule has 0 radical (unpaired) electrons. The fourth-order valence-corrected chi connectivity index (χ4v) is 5.40. The molecule has 0 bridgehead atoms. The maximum absolute atomic E-state index is 11.6. The van der Waals surface area contributed by atoms with Gasteiger partial charge in [-0.15, -0.1) is 22.7 Å². The Kier molecular flexibility index (Phi) is 5.83. The maximum Gasteiger partial charge on any atom is 0.198 e. The third kappa shape index (κ3) is 4.09. The van der Waals surface area contributed by atoms with Crippen molar-refractivity contribution in [1.82, 2.24) is 29.9 Å². The van der Waals surface area contributed by atoms with Gasteiger partial charge in [0.25, 0.3) is 0 Å². The molecule has 0 fully saturated rings. The number of nitrogens with zero attached hydrogens (tertiary/aromatic N) is 6. The van der Waals surface area contributed by atoms with Gasteiger partial charge in [-0.2, -0.15) is 0 Å². The topological polar surface area (TPSA) is 116 Å². The number of hydrogen-bond acceptors (Lipinski definition) is 12. The van der Waals surface area contributed by atoms with E-state index >= 15 is 0 Å². The Balaban J connectivity index is 0.000000180. The normalized spacial score (nSPS) is 12.5. The molecule has 1 aliphatic rings. The van der Waals surface area contributed by atoms with Gasteiger partial charge in [0.1, 0.15) is 39.1 Å². The van der Waals surface area contributed by atoms with Crippen LogP contribution in [0.4, 0.5) is 11.5 Å². The van der Waals surface area contributed by atoms with Crippen molar-refractivity contribution in [2.45, 2.75) is 11.3 Å². The Bertz CT molecular complexity index is 1460. The second-order valence-corrected chi connectivity index (χ2v) is 9.46. The average molecular weight is 502 g/mol. The van der Waals surface area contributed by atoms with E-state index in [0.29, 0.717) is 28.7 Å². The minimum Gasteiger partial charge on any atom is -0.495 e. The molecule has 1 N–H and O–H groups in total. The summed E-state index contributed by atoms with van der Waals surface area (Å²) in [4.78, 5) is 38.6. The van der Waals surface area contributed by atoms with Crippen molar-refractivity contribution >= 4 is 83.4 Å². The Morgan fingerprint density at radius 3 is 2.44 bits per heavy atom. The molecule has 1 aromatic carbocycles. The van der Waals surface area contributed by atoms with E-state index in [1.165, 1.54) is 47.1 Å². The average Bonchev–Trinajstić information content (AvgIpc) is 3.53. The van der Waals surface area contributed by atoms with E-state index in [-0.39, 0.29) is 5.12 Å². The van der Waals surface area contributed by atoms with Crippen LogP contribution in [-0.4, -0.2) is 42.1 Å². The number of anilines is 2. The fraction of sp³-hybridized carbons (Fsp3) is 0.105. The number of halogens is 1. The Morgan fingerprint density at radius 2 is 1.69 bits per heavy atom. The highest BCUT2D eigenvalue weighted by molar-refractivity contribution is 8.14. The van der Waals surface area contributed by atoms with Gasteiger partial charge in [-0.1, -0.05) is 23.4 Å². The van der Waals surface area contributed by atoms with Crippen LogP contribution in [0.1, 0.15) is 5.56 Å². The summed E-state index contributed by atoms with van der Waals surface area (Å²) in [6.45, 7) is 0. The summed E-state index contributed by atoms with van der Waals surface area (Å²) in [7, 11) is 1.61. The molecule has 5 heterocycles. The molecule has 160 valence electrons. The molecule has 0 unspecified atom stereocenters. The van der Waals surface area contributed by atoms with Crippen LogP contribution in [0.25, 0.3) is 20.7 Å². The van der Waals surface area contributed by atoms with Crippen molar-refractivity contribution in [3.63, 3.8) is 0 Å². The van der Waals surface area contributed by atoms with Gasteiger partial charge < -0.3 is 10.1 Å². The number of benzene rings is 1. The van der Waals surface area contributed by atoms with Crippen molar-refractivity contribution in [2.24, 2.45) is 0 Å². The molecule has 13 heteroatoms. The molecular formula is C19H12ClN7O2S3. The number of ether oxygens (including phenoxy) is 1. The molecular weight excluding hydrogens is 490 g/mol. The molecule has 6 rings (SSSR count). The highest BCUT2D eigenvalue weighted by atomic mass is 35.5. The first kappa shape index (κ1) is 20.9. The van der Waals surface area contributed by atoms with Crippen LogP contribution < -0.4 is 10.1 Å². The van der Waals surface area contributed by atoms with Crippen molar-refractivity contribution in [3.05, 3.63) is 46.5 Å². The van der Waals surface area contributed by atoms with Crippen LogP contribution >= 0.6 is 46.0 Å². The SMILES string of the molecule is COc1cc2c(cc1Nc1ncnc3scnc13)SC(=O)C2.Clc1ncnc2scnc12. The van der Waals surface area contributed by atoms with Gasteiger partial charge in [-0.3, -0.25) is 4.79 Å². The van der Waals surface area contributed by atoms with Gasteiger partial charge in [-0.05, 0) is 17.7 Å². The number of nitrogens with one attached hydrogen (secondary N) is 1. The minimum atomic E-state index is 0.151. The van der Waals surface area contributed by atoms with Crippen LogP contribution in [0.2, 0.25) is 5.15 Å². The van der Waals surface area contributed by atoms with Gasteiger partial charge in [0, 0.05) is 11.3 Å². The van der Waals surface area contributed by atoms with Crippen LogP contribution in [0.5, 0.6) is 5.75 Å². The number of carbonyl (C=O) groups excluding carboxylic acids is 1. The van der Waals surface area contributed by atoms with E-state index in [9.17, 15) is 4.79 Å². The predicted octanol–water partition coefficient (Wildman–Crippen LogP) is 4.75. The summed E-state index contributed by atoms with van der Waals surface area (Å²) < 4.78 is 5.43. The van der Waals surface area contributed by atoms with Crippen molar-refractivity contribution in [2.75, 3.05) is 12.4 Å². The van der Waals surface area contributed by atoms with Crippen molar-refractivity contribution in [1.29, 1.82) is 0 Å². The zero-order chi connectivity index (χ0) is 22.1. The summed E-state index contributed by atoms with van der Waals surface area (Å²) in [5.74, 6) is 1.30. The van der Waals surface area contributed by atoms with E-state index in [1.807, 2.05) is 12.1 Å². The third-order valence-corrected chi connectivity index (χ3v) is 7.13. The molecule has 9 nitrogen and oxygen atoms in total. The fourth-order valence-electron chi connectivity index (χ4n) is 3.00. The van der Waals surface area contributed by atoms with Crippen LogP contribution in [0.3, 0.4) is 0 Å². The predicted molar refractivity (Wildman–Crippen MR) is 126 cm³/mol. The number of thioether (sulfide) groups is 1. The van der Waals surface area contributed by atoms with Crippen LogP contribution in [-0.2, 0) is 11.2 Å². The quantitative estimate of drug-likeness (QED) is 0.347. The molecule has 1 aliphatic heterocycles. The second-order valence-electron chi connectivity index (χ2n) is 6.34. The first-order chi connectivity index (χ1) is 15.6. The standard InChI is InChI=1S/C14H10N4O2S2.C5H2ClN3S/c1-20-9-2-7-3-11(19)22-10(7)4-8(9)18-13-12-14(16-5-15-13)21-6-17-12;6-4-3-5(8-1-7-4)10-2-9-3/h2,4-6H,3H2,1H3,(H,15,16,18);1-2H. The number of methoxy groups -OCH3 is 1. The van der Waals surface area contributed by atoms with E-state index in [1.54, 1.807) is 18.1 Å². The Hall–Kier alpha value is -2.93. The van der Waals surface area contributed by atoms with Gasteiger partial charge in [0.05, 0.1) is 23.8 Å². The number of rotatable bonds is 3. The summed E-state index contributed by atoms with van der Waals surface area (Å²) in [5, 5.41) is 3.81. The lowest BCUT2D eigenvalue weighted by molar-refractivity contribution is -0.110. The third-order valence-electron chi connectivity index (χ3n) is 4.42. The highest BCUT2D eigenvalue weighted by Crippen LogP contribution is 2.40. The molecule has 0 saturated heterocycles. The molecule has 0 amide bonds. The molecule has 0 aliphatic carbocycles. The summed E-state index contributed by atoms with van der Waals surface area (Å²) >= 11 is 9.87. The monoisotopic (exact) mass is 501 g/mol. The summed E-state index contributed by atoms with van der Waals surface area (Å²) in [6, 6.07) is 3.82. The number of fused-ring (bicyclic) bond motifs is 3. The van der Waals surface area contributed by atoms with Crippen LogP contribution in [0.15, 0.2) is 40.7 Å².